The average molecular weight is 695 g/mol. The molecule has 0 fully saturated rings. The first kappa shape index (κ1) is 37.0. The highest BCUT2D eigenvalue weighted by Crippen LogP contribution is 2.39. The van der Waals surface area contributed by atoms with Gasteiger partial charge in [-0.1, -0.05) is 12.1 Å². The summed E-state index contributed by atoms with van der Waals surface area (Å²) < 4.78 is 21.7. The average Bonchev–Trinajstić information content (AvgIpc) is 3.10. The summed E-state index contributed by atoms with van der Waals surface area (Å²) in [5.41, 5.74) is 1.12. The van der Waals surface area contributed by atoms with Crippen molar-refractivity contribution in [1.29, 1.82) is 0 Å². The van der Waals surface area contributed by atoms with Gasteiger partial charge in [0.1, 0.15) is 0 Å². The molecule has 0 aliphatic heterocycles. The van der Waals surface area contributed by atoms with Gasteiger partial charge in [0.2, 0.25) is 0 Å². The van der Waals surface area contributed by atoms with Gasteiger partial charge in [-0.2, -0.15) is 0 Å². The molecule has 0 saturated heterocycles. The van der Waals surface area contributed by atoms with Crippen molar-refractivity contribution in [2.75, 3.05) is 27.4 Å². The van der Waals surface area contributed by atoms with E-state index in [0.29, 0.717) is 25.7 Å². The van der Waals surface area contributed by atoms with Crippen LogP contribution in [-0.2, 0) is 12.8 Å². The highest BCUT2D eigenvalue weighted by atomic mass is 16.6. The molecule has 0 heterocycles. The summed E-state index contributed by atoms with van der Waals surface area (Å²) in [4.78, 5) is 25.4. The Morgan fingerprint density at radius 3 is 1.34 bits per heavy atom. The lowest BCUT2D eigenvalue weighted by molar-refractivity contribution is 0.0719. The molecule has 0 aliphatic carbocycles. The second kappa shape index (κ2) is 16.5. The fourth-order valence-corrected chi connectivity index (χ4v) is 5.45. The van der Waals surface area contributed by atoms with Crippen LogP contribution >= 0.6 is 0 Å². The number of phenolic OH excluding ortho intramolecular Hbond substituents is 6. The second-order valence-corrected chi connectivity index (χ2v) is 11.5. The number of aromatic hydroxyl groups is 6. The zero-order valence-corrected chi connectivity index (χ0v) is 27.2. The summed E-state index contributed by atoms with van der Waals surface area (Å²) >= 11 is 0. The minimum Gasteiger partial charge on any atom is -0.504 e. The van der Waals surface area contributed by atoms with E-state index in [1.165, 1.54) is 26.4 Å². The van der Waals surface area contributed by atoms with Gasteiger partial charge in [0.15, 0.2) is 57.5 Å². The third-order valence-corrected chi connectivity index (χ3v) is 8.10. The van der Waals surface area contributed by atoms with Crippen molar-refractivity contribution in [1.82, 2.24) is 0 Å². The van der Waals surface area contributed by atoms with Crippen LogP contribution in [0.1, 0.15) is 44.7 Å². The summed E-state index contributed by atoms with van der Waals surface area (Å²) in [6.45, 7) is -0.248. The van der Waals surface area contributed by atoms with Crippen LogP contribution in [-0.4, -0.2) is 80.2 Å². The zero-order valence-electron chi connectivity index (χ0n) is 27.2. The molecule has 14 heteroatoms. The summed E-state index contributed by atoms with van der Waals surface area (Å²) in [6, 6.07) is 13.6. The lowest BCUT2D eigenvalue weighted by Crippen LogP contribution is -2.24. The number of aliphatic hydroxyl groups is 2. The van der Waals surface area contributed by atoms with Gasteiger partial charge in [-0.25, -0.2) is 9.59 Å². The van der Waals surface area contributed by atoms with Crippen molar-refractivity contribution in [3.8, 4) is 57.5 Å². The number of methoxy groups -OCH3 is 2. The number of esters is 2. The Morgan fingerprint density at radius 1 is 0.580 bits per heavy atom. The van der Waals surface area contributed by atoms with Gasteiger partial charge in [0.25, 0.3) is 0 Å². The molecule has 50 heavy (non-hydrogen) atoms. The molecule has 2 atom stereocenters. The van der Waals surface area contributed by atoms with Gasteiger partial charge < -0.3 is 59.8 Å². The molecule has 0 spiro atoms. The van der Waals surface area contributed by atoms with E-state index in [4.69, 9.17) is 18.9 Å². The number of benzene rings is 4. The highest BCUT2D eigenvalue weighted by molar-refractivity contribution is 5.93. The number of hydrogen-bond acceptors (Lipinski definition) is 14. The number of ether oxygens (including phenoxy) is 4. The van der Waals surface area contributed by atoms with E-state index >= 15 is 0 Å². The molecule has 266 valence electrons. The third-order valence-electron chi connectivity index (χ3n) is 8.10. The molecule has 8 N–H and O–H groups in total. The molecule has 0 aliphatic rings. The van der Waals surface area contributed by atoms with E-state index in [-0.39, 0.29) is 59.2 Å². The van der Waals surface area contributed by atoms with Crippen molar-refractivity contribution in [3.63, 3.8) is 0 Å². The quantitative estimate of drug-likeness (QED) is 0.0496. The van der Waals surface area contributed by atoms with E-state index in [2.05, 4.69) is 0 Å². The monoisotopic (exact) mass is 694 g/mol. The molecule has 0 radical (unpaired) electrons. The van der Waals surface area contributed by atoms with E-state index in [0.717, 1.165) is 35.4 Å². The van der Waals surface area contributed by atoms with Gasteiger partial charge in [-0.05, 0) is 97.2 Å². The number of phenols is 6. The predicted octanol–water partition coefficient (Wildman–Crippen LogP) is 4.16. The van der Waals surface area contributed by atoms with Crippen LogP contribution in [0.15, 0.2) is 60.7 Å². The largest absolute Gasteiger partial charge is 0.504 e. The Labute approximate surface area is 286 Å². The predicted molar refractivity (Wildman–Crippen MR) is 177 cm³/mol. The molecule has 0 unspecified atom stereocenters. The number of hydrogen-bond donors (Lipinski definition) is 8. The molecule has 4 aromatic carbocycles. The molecule has 0 saturated carbocycles. The van der Waals surface area contributed by atoms with Crippen molar-refractivity contribution in [2.45, 2.75) is 25.7 Å². The van der Waals surface area contributed by atoms with Gasteiger partial charge in [-0.3, -0.25) is 0 Å². The maximum Gasteiger partial charge on any atom is 0.343 e. The number of carbonyl (C=O) groups excluding carboxylic acids is 2. The van der Waals surface area contributed by atoms with E-state index in [1.54, 1.807) is 24.3 Å². The van der Waals surface area contributed by atoms with Gasteiger partial charge in [-0.15, -0.1) is 0 Å². The first-order valence-corrected chi connectivity index (χ1v) is 15.4. The zero-order chi connectivity index (χ0) is 36.5. The van der Waals surface area contributed by atoms with Crippen molar-refractivity contribution < 1.29 is 69.4 Å². The Hall–Kier alpha value is -5.86. The lowest BCUT2D eigenvalue weighted by atomic mass is 9.80. The molecule has 4 aromatic rings. The van der Waals surface area contributed by atoms with Crippen molar-refractivity contribution in [3.05, 3.63) is 82.9 Å². The minimum absolute atomic E-state index is 0.0533. The van der Waals surface area contributed by atoms with Crippen LogP contribution in [0.2, 0.25) is 0 Å². The number of carbonyl (C=O) groups is 2. The fraction of sp³-hybridized carbons (Fsp3) is 0.278. The summed E-state index contributed by atoms with van der Waals surface area (Å²) in [5.74, 6) is -6.05. The number of aliphatic hydroxyl groups excluding tert-OH is 2. The Balaban J connectivity index is 1.50. The van der Waals surface area contributed by atoms with Gasteiger partial charge in [0, 0.05) is 13.2 Å². The standard InChI is InChI=1S/C36H38O14/c1-47-31-12-19(5-7-29(31)49-35(45)22-14-25(39)33(43)26(40)15-22)10-21(4-3-9-37)24(18-38)11-20-6-8-30(32(13-20)48-2)50-36(46)23-16-27(41)34(44)28(42)17-23/h5-8,12-17,21,24,37-44H,3-4,9-11,18H2,1-2H3/t21-,24+/m0/s1. The van der Waals surface area contributed by atoms with Crippen LogP contribution in [0.5, 0.6) is 57.5 Å². The molecular weight excluding hydrogens is 656 g/mol. The molecule has 0 amide bonds. The van der Waals surface area contributed by atoms with Gasteiger partial charge in [0.05, 0.1) is 25.3 Å². The molecule has 0 bridgehead atoms. The fourth-order valence-electron chi connectivity index (χ4n) is 5.45. The van der Waals surface area contributed by atoms with Crippen LogP contribution < -0.4 is 18.9 Å². The SMILES string of the molecule is COc1cc(C[C@H](CO)[C@@H](CCCO)Cc2ccc(OC(=O)c3cc(O)c(O)c(O)c3)c(OC)c2)ccc1OC(=O)c1cc(O)c(O)c(O)c1. The van der Waals surface area contributed by atoms with E-state index in [1.807, 2.05) is 0 Å². The summed E-state index contributed by atoms with van der Waals surface area (Å²) in [7, 11) is 2.77. The summed E-state index contributed by atoms with van der Waals surface area (Å²) in [6.07, 6.45) is 1.87. The first-order chi connectivity index (χ1) is 23.9. The minimum atomic E-state index is -0.922. The lowest BCUT2D eigenvalue weighted by Gasteiger charge is -2.26. The first-order valence-electron chi connectivity index (χ1n) is 15.4. The van der Waals surface area contributed by atoms with Crippen molar-refractivity contribution in [2.24, 2.45) is 11.8 Å². The number of rotatable bonds is 15. The summed E-state index contributed by atoms with van der Waals surface area (Å²) in [5, 5.41) is 78.2. The molecule has 4 rings (SSSR count). The Kier molecular flexibility index (Phi) is 12.2. The normalized spacial score (nSPS) is 12.2. The topological polar surface area (TPSA) is 233 Å². The molecular formula is C36H38O14. The third kappa shape index (κ3) is 8.78. The maximum absolute atomic E-state index is 12.7. The highest BCUT2D eigenvalue weighted by Gasteiger charge is 2.25. The molecule has 14 nitrogen and oxygen atoms in total. The van der Waals surface area contributed by atoms with Crippen molar-refractivity contribution >= 4 is 11.9 Å². The van der Waals surface area contributed by atoms with E-state index in [9.17, 15) is 50.4 Å². The maximum atomic E-state index is 12.7. The van der Waals surface area contributed by atoms with Crippen LogP contribution in [0.25, 0.3) is 0 Å². The van der Waals surface area contributed by atoms with Gasteiger partial charge >= 0.3 is 11.9 Å². The smallest absolute Gasteiger partial charge is 0.343 e. The van der Waals surface area contributed by atoms with E-state index < -0.39 is 46.4 Å². The Morgan fingerprint density at radius 2 is 0.980 bits per heavy atom. The van der Waals surface area contributed by atoms with Crippen LogP contribution in [0.3, 0.4) is 0 Å². The second-order valence-electron chi connectivity index (χ2n) is 11.5. The Bertz CT molecular complexity index is 1790. The molecule has 0 aromatic heterocycles. The van der Waals surface area contributed by atoms with Crippen LogP contribution in [0, 0.1) is 11.8 Å². The van der Waals surface area contributed by atoms with Crippen LogP contribution in [0.4, 0.5) is 0 Å².